The van der Waals surface area contributed by atoms with Crippen molar-refractivity contribution in [2.75, 3.05) is 0 Å². The first-order valence-electron chi connectivity index (χ1n) is 5.24. The molecule has 0 atom stereocenters. The molecule has 3 heteroatoms. The molecule has 0 bridgehead atoms. The Morgan fingerprint density at radius 1 is 1.44 bits per heavy atom. The molecule has 0 aliphatic heterocycles. The Labute approximate surface area is 94.7 Å². The quantitative estimate of drug-likeness (QED) is 0.735. The summed E-state index contributed by atoms with van der Waals surface area (Å²) in [5, 5.41) is 0. The Balaban J connectivity index is 2.21. The fraction of sp³-hybridized carbons (Fsp3) is 0.231. The Hall–Kier alpha value is -1.90. The number of carbonyl (C=O) groups excluding carboxylic acids is 1. The molecule has 16 heavy (non-hydrogen) atoms. The molecule has 0 unspecified atom stereocenters. The summed E-state index contributed by atoms with van der Waals surface area (Å²) >= 11 is 0. The molecule has 0 aliphatic carbocycles. The molecular formula is C13H14N2O. The van der Waals surface area contributed by atoms with Crippen LogP contribution < -0.4 is 0 Å². The number of Topliss-reactive ketones (excluding diaryl/α,β-unsaturated/α-hetero) is 1. The molecule has 0 saturated carbocycles. The fourth-order valence-corrected chi connectivity index (χ4v) is 1.60. The van der Waals surface area contributed by atoms with Crippen molar-refractivity contribution < 1.29 is 4.79 Å². The normalized spacial score (nSPS) is 10.4. The number of pyridine rings is 1. The van der Waals surface area contributed by atoms with Crippen molar-refractivity contribution in [1.82, 2.24) is 9.55 Å². The lowest BCUT2D eigenvalue weighted by molar-refractivity contribution is 0.101. The van der Waals surface area contributed by atoms with Gasteiger partial charge < -0.3 is 4.57 Å². The number of ketones is 1. The van der Waals surface area contributed by atoms with Crippen molar-refractivity contribution in [3.8, 4) is 0 Å². The van der Waals surface area contributed by atoms with Gasteiger partial charge in [0.1, 0.15) is 0 Å². The molecule has 0 saturated heterocycles. The Morgan fingerprint density at radius 3 is 2.88 bits per heavy atom. The average Bonchev–Trinajstić information content (AvgIpc) is 2.70. The Morgan fingerprint density at radius 2 is 2.25 bits per heavy atom. The van der Waals surface area contributed by atoms with Crippen LogP contribution in [0.1, 0.15) is 28.5 Å². The maximum absolute atomic E-state index is 11.1. The van der Waals surface area contributed by atoms with Gasteiger partial charge in [0.15, 0.2) is 5.78 Å². The van der Waals surface area contributed by atoms with E-state index in [0.717, 1.165) is 11.3 Å². The maximum Gasteiger partial charge on any atom is 0.161 e. The third-order valence-corrected chi connectivity index (χ3v) is 2.61. The minimum absolute atomic E-state index is 0.0940. The van der Waals surface area contributed by atoms with E-state index in [1.165, 1.54) is 5.56 Å². The van der Waals surface area contributed by atoms with E-state index in [-0.39, 0.29) is 5.78 Å². The van der Waals surface area contributed by atoms with Crippen LogP contribution in [0.2, 0.25) is 0 Å². The van der Waals surface area contributed by atoms with Gasteiger partial charge in [-0.05, 0) is 31.5 Å². The summed E-state index contributed by atoms with van der Waals surface area (Å²) in [6, 6.07) is 5.80. The standard InChI is InChI=1S/C13H14N2O/c1-10-4-3-6-14-13(10)9-15-7-5-12(8-15)11(2)16/h3-8H,9H2,1-2H3. The Bertz CT molecular complexity index is 514. The molecule has 2 aromatic heterocycles. The summed E-state index contributed by atoms with van der Waals surface area (Å²) < 4.78 is 1.98. The zero-order chi connectivity index (χ0) is 11.5. The monoisotopic (exact) mass is 214 g/mol. The molecule has 0 radical (unpaired) electrons. The number of carbonyl (C=O) groups is 1. The van der Waals surface area contributed by atoms with Gasteiger partial charge in [-0.15, -0.1) is 0 Å². The molecule has 0 aromatic carbocycles. The van der Waals surface area contributed by atoms with E-state index in [1.54, 1.807) is 13.1 Å². The zero-order valence-electron chi connectivity index (χ0n) is 9.47. The van der Waals surface area contributed by atoms with Gasteiger partial charge >= 0.3 is 0 Å². The van der Waals surface area contributed by atoms with Gasteiger partial charge in [-0.2, -0.15) is 0 Å². The van der Waals surface area contributed by atoms with Gasteiger partial charge in [-0.1, -0.05) is 6.07 Å². The topological polar surface area (TPSA) is 34.9 Å². The first-order chi connectivity index (χ1) is 7.66. The first-order valence-corrected chi connectivity index (χ1v) is 5.24. The van der Waals surface area contributed by atoms with Gasteiger partial charge in [0, 0.05) is 24.2 Å². The minimum atomic E-state index is 0.0940. The van der Waals surface area contributed by atoms with Crippen LogP contribution in [0, 0.1) is 6.92 Å². The third-order valence-electron chi connectivity index (χ3n) is 2.61. The molecule has 2 aromatic rings. The third kappa shape index (κ3) is 2.19. The molecule has 0 fully saturated rings. The summed E-state index contributed by atoms with van der Waals surface area (Å²) in [6.45, 7) is 4.32. The van der Waals surface area contributed by atoms with E-state index < -0.39 is 0 Å². The Kier molecular flexibility index (Phi) is 2.86. The lowest BCUT2D eigenvalue weighted by Crippen LogP contribution is -2.01. The predicted molar refractivity (Wildman–Crippen MR) is 62.5 cm³/mol. The van der Waals surface area contributed by atoms with Crippen LogP contribution in [0.25, 0.3) is 0 Å². The number of rotatable bonds is 3. The van der Waals surface area contributed by atoms with Gasteiger partial charge in [0.2, 0.25) is 0 Å². The number of aromatic nitrogens is 2. The van der Waals surface area contributed by atoms with Crippen molar-refractivity contribution in [2.45, 2.75) is 20.4 Å². The first kappa shape index (κ1) is 10.6. The van der Waals surface area contributed by atoms with Crippen LogP contribution in [0.3, 0.4) is 0 Å². The molecule has 82 valence electrons. The zero-order valence-corrected chi connectivity index (χ0v) is 9.47. The van der Waals surface area contributed by atoms with Crippen LogP contribution in [-0.2, 0) is 6.54 Å². The number of hydrogen-bond donors (Lipinski definition) is 0. The van der Waals surface area contributed by atoms with Crippen molar-refractivity contribution >= 4 is 5.78 Å². The lowest BCUT2D eigenvalue weighted by atomic mass is 10.2. The van der Waals surface area contributed by atoms with Crippen molar-refractivity contribution in [1.29, 1.82) is 0 Å². The van der Waals surface area contributed by atoms with E-state index >= 15 is 0 Å². The highest BCUT2D eigenvalue weighted by atomic mass is 16.1. The summed E-state index contributed by atoms with van der Waals surface area (Å²) in [6.07, 6.45) is 5.55. The molecule has 3 nitrogen and oxygen atoms in total. The molecule has 0 spiro atoms. The van der Waals surface area contributed by atoms with E-state index in [2.05, 4.69) is 4.98 Å². The summed E-state index contributed by atoms with van der Waals surface area (Å²) in [7, 11) is 0. The van der Waals surface area contributed by atoms with E-state index in [1.807, 2.05) is 42.1 Å². The van der Waals surface area contributed by atoms with Crippen molar-refractivity contribution in [3.63, 3.8) is 0 Å². The van der Waals surface area contributed by atoms with Crippen molar-refractivity contribution in [3.05, 3.63) is 53.6 Å². The number of hydrogen-bond acceptors (Lipinski definition) is 2. The van der Waals surface area contributed by atoms with Gasteiger partial charge in [-0.25, -0.2) is 0 Å². The highest BCUT2D eigenvalue weighted by Gasteiger charge is 2.03. The van der Waals surface area contributed by atoms with Crippen LogP contribution in [0.4, 0.5) is 0 Å². The smallest absolute Gasteiger partial charge is 0.161 e. The number of nitrogens with zero attached hydrogens (tertiary/aromatic N) is 2. The van der Waals surface area contributed by atoms with E-state index in [9.17, 15) is 4.79 Å². The summed E-state index contributed by atoms with van der Waals surface area (Å²) in [4.78, 5) is 15.5. The molecule has 0 N–H and O–H groups in total. The summed E-state index contributed by atoms with van der Waals surface area (Å²) in [5.41, 5.74) is 2.95. The second-order valence-corrected chi connectivity index (χ2v) is 3.90. The van der Waals surface area contributed by atoms with Crippen LogP contribution >= 0.6 is 0 Å². The highest BCUT2D eigenvalue weighted by molar-refractivity contribution is 5.93. The maximum atomic E-state index is 11.1. The highest BCUT2D eigenvalue weighted by Crippen LogP contribution is 2.08. The molecule has 2 rings (SSSR count). The number of aryl methyl sites for hydroxylation is 1. The van der Waals surface area contributed by atoms with Gasteiger partial charge in [0.05, 0.1) is 12.2 Å². The van der Waals surface area contributed by atoms with Crippen LogP contribution in [0.15, 0.2) is 36.8 Å². The molecule has 0 aliphatic rings. The van der Waals surface area contributed by atoms with E-state index in [4.69, 9.17) is 0 Å². The SMILES string of the molecule is CC(=O)c1ccn(Cc2ncccc2C)c1. The molecule has 0 amide bonds. The van der Waals surface area contributed by atoms with Gasteiger partial charge in [0.25, 0.3) is 0 Å². The second kappa shape index (κ2) is 4.31. The largest absolute Gasteiger partial charge is 0.348 e. The average molecular weight is 214 g/mol. The fourth-order valence-electron chi connectivity index (χ4n) is 1.60. The van der Waals surface area contributed by atoms with Crippen LogP contribution in [0.5, 0.6) is 0 Å². The summed E-state index contributed by atoms with van der Waals surface area (Å²) in [5.74, 6) is 0.0940. The van der Waals surface area contributed by atoms with Crippen molar-refractivity contribution in [2.24, 2.45) is 0 Å². The predicted octanol–water partition coefficient (Wildman–Crippen LogP) is 2.44. The van der Waals surface area contributed by atoms with Crippen LogP contribution in [-0.4, -0.2) is 15.3 Å². The molecular weight excluding hydrogens is 200 g/mol. The molecule has 2 heterocycles. The minimum Gasteiger partial charge on any atom is -0.348 e. The van der Waals surface area contributed by atoms with E-state index in [0.29, 0.717) is 6.54 Å². The second-order valence-electron chi connectivity index (χ2n) is 3.90. The lowest BCUT2D eigenvalue weighted by Gasteiger charge is -2.04. The van der Waals surface area contributed by atoms with Gasteiger partial charge in [-0.3, -0.25) is 9.78 Å².